The average Bonchev–Trinajstić information content (AvgIpc) is 3.15. The molecule has 1 fully saturated rings. The van der Waals surface area contributed by atoms with Gasteiger partial charge in [-0.05, 0) is 20.3 Å². The first-order chi connectivity index (χ1) is 11.0. The number of aliphatic hydroxyl groups excluding tert-OH is 1. The van der Waals surface area contributed by atoms with E-state index in [-0.39, 0.29) is 17.6 Å². The molecule has 2 N–H and O–H groups in total. The van der Waals surface area contributed by atoms with Gasteiger partial charge in [0, 0.05) is 31.3 Å². The minimum Gasteiger partial charge on any atom is -0.390 e. The topological polar surface area (TPSA) is 105 Å². The van der Waals surface area contributed by atoms with Gasteiger partial charge >= 0.3 is 0 Å². The van der Waals surface area contributed by atoms with Gasteiger partial charge in [0.05, 0.1) is 17.8 Å². The molecule has 2 atom stereocenters. The Bertz CT molecular complexity index is 648. The van der Waals surface area contributed by atoms with Crippen molar-refractivity contribution in [1.29, 1.82) is 0 Å². The van der Waals surface area contributed by atoms with E-state index >= 15 is 0 Å². The summed E-state index contributed by atoms with van der Waals surface area (Å²) in [5.41, 5.74) is 2.15. The van der Waals surface area contributed by atoms with E-state index in [0.717, 1.165) is 23.6 Å². The van der Waals surface area contributed by atoms with Gasteiger partial charge in [-0.1, -0.05) is 10.3 Å². The zero-order valence-corrected chi connectivity index (χ0v) is 13.2. The number of aliphatic hydroxyl groups is 1. The second-order valence-electron chi connectivity index (χ2n) is 5.86. The second-order valence-corrected chi connectivity index (χ2v) is 5.86. The van der Waals surface area contributed by atoms with Gasteiger partial charge in [0.15, 0.2) is 5.69 Å². The molecule has 3 rings (SSSR count). The molecule has 0 aromatic carbocycles. The van der Waals surface area contributed by atoms with Crippen LogP contribution in [0.5, 0.6) is 0 Å². The van der Waals surface area contributed by atoms with Crippen LogP contribution < -0.4 is 5.32 Å². The fourth-order valence-corrected chi connectivity index (χ4v) is 2.83. The zero-order valence-electron chi connectivity index (χ0n) is 13.2. The van der Waals surface area contributed by atoms with Crippen LogP contribution in [-0.2, 0) is 6.54 Å². The van der Waals surface area contributed by atoms with Crippen molar-refractivity contribution in [3.8, 4) is 0 Å². The highest BCUT2D eigenvalue weighted by Gasteiger charge is 2.30. The number of β-amino-alcohol motifs (C(OH)–C–C–N with tert-alkyl or cyclic N) is 1. The maximum Gasteiger partial charge on any atom is 0.273 e. The molecule has 3 heterocycles. The Balaban J connectivity index is 1.56. The number of carbonyl (C=O) groups is 1. The molecule has 8 nitrogen and oxygen atoms in total. The predicted octanol–water partition coefficient (Wildman–Crippen LogP) is 0.645. The van der Waals surface area contributed by atoms with Crippen molar-refractivity contribution in [1.82, 2.24) is 20.5 Å². The lowest BCUT2D eigenvalue weighted by Gasteiger charge is -2.36. The summed E-state index contributed by atoms with van der Waals surface area (Å²) in [5, 5.41) is 20.7. The smallest absolute Gasteiger partial charge is 0.273 e. The predicted molar refractivity (Wildman–Crippen MR) is 79.6 cm³/mol. The molecule has 0 unspecified atom stereocenters. The van der Waals surface area contributed by atoms with E-state index in [4.69, 9.17) is 4.52 Å². The highest BCUT2D eigenvalue weighted by molar-refractivity contribution is 5.92. The number of amides is 1. The number of hydrogen-bond acceptors (Lipinski definition) is 7. The second kappa shape index (κ2) is 6.51. The lowest BCUT2D eigenvalue weighted by molar-refractivity contribution is 0.0345. The first-order valence-electron chi connectivity index (χ1n) is 7.58. The Labute approximate surface area is 133 Å². The molecule has 1 saturated heterocycles. The molecule has 124 valence electrons. The maximum absolute atomic E-state index is 12.0. The van der Waals surface area contributed by atoms with Crippen molar-refractivity contribution in [3.05, 3.63) is 35.0 Å². The van der Waals surface area contributed by atoms with Crippen molar-refractivity contribution in [2.45, 2.75) is 39.0 Å². The lowest BCUT2D eigenvalue weighted by atomic mass is 10.0. The van der Waals surface area contributed by atoms with Gasteiger partial charge in [0.2, 0.25) is 0 Å². The summed E-state index contributed by atoms with van der Waals surface area (Å²) in [7, 11) is 0. The Morgan fingerprint density at radius 3 is 2.91 bits per heavy atom. The number of nitrogens with zero attached hydrogens (tertiary/aromatic N) is 3. The number of likely N-dealkylation sites (tertiary alicyclic amines) is 1. The largest absolute Gasteiger partial charge is 0.390 e. The van der Waals surface area contributed by atoms with Crippen LogP contribution in [0.4, 0.5) is 0 Å². The molecule has 1 aliphatic rings. The molecule has 0 aliphatic carbocycles. The summed E-state index contributed by atoms with van der Waals surface area (Å²) in [6, 6.07) is 1.20. The molecule has 1 amide bonds. The summed E-state index contributed by atoms with van der Waals surface area (Å²) < 4.78 is 9.82. The van der Waals surface area contributed by atoms with Gasteiger partial charge in [-0.2, -0.15) is 0 Å². The van der Waals surface area contributed by atoms with E-state index in [1.807, 2.05) is 13.8 Å². The SMILES string of the molecule is Cc1noc(C)c1CN1CC[C@@H](NC(=O)c2ccon2)[C@H](O)C1. The summed E-state index contributed by atoms with van der Waals surface area (Å²) in [4.78, 5) is 14.1. The molecule has 1 aliphatic heterocycles. The van der Waals surface area contributed by atoms with Crippen LogP contribution >= 0.6 is 0 Å². The molecule has 0 bridgehead atoms. The van der Waals surface area contributed by atoms with Gasteiger partial charge in [-0.25, -0.2) is 0 Å². The molecule has 2 aromatic heterocycles. The van der Waals surface area contributed by atoms with Crippen molar-refractivity contribution in [2.75, 3.05) is 13.1 Å². The van der Waals surface area contributed by atoms with Crippen molar-refractivity contribution >= 4 is 5.91 Å². The van der Waals surface area contributed by atoms with E-state index in [1.165, 1.54) is 12.3 Å². The lowest BCUT2D eigenvalue weighted by Crippen LogP contribution is -2.53. The van der Waals surface area contributed by atoms with Crippen LogP contribution in [-0.4, -0.2) is 51.5 Å². The summed E-state index contributed by atoms with van der Waals surface area (Å²) in [6.45, 7) is 5.73. The average molecular weight is 320 g/mol. The van der Waals surface area contributed by atoms with Crippen LogP contribution in [0, 0.1) is 13.8 Å². The first kappa shape index (κ1) is 15.7. The monoisotopic (exact) mass is 320 g/mol. The number of aryl methyl sites for hydroxylation is 2. The summed E-state index contributed by atoms with van der Waals surface area (Å²) in [5.74, 6) is 0.473. The van der Waals surface area contributed by atoms with Crippen LogP contribution in [0.2, 0.25) is 0 Å². The Kier molecular flexibility index (Phi) is 4.44. The molecule has 0 saturated carbocycles. The van der Waals surface area contributed by atoms with Crippen molar-refractivity contribution in [2.24, 2.45) is 0 Å². The normalized spacial score (nSPS) is 22.2. The molecule has 23 heavy (non-hydrogen) atoms. The maximum atomic E-state index is 12.0. The summed E-state index contributed by atoms with van der Waals surface area (Å²) in [6.07, 6.45) is 1.37. The Morgan fingerprint density at radius 2 is 2.30 bits per heavy atom. The summed E-state index contributed by atoms with van der Waals surface area (Å²) >= 11 is 0. The van der Waals surface area contributed by atoms with Gasteiger partial charge in [0.25, 0.3) is 5.91 Å². The van der Waals surface area contributed by atoms with E-state index in [9.17, 15) is 9.90 Å². The van der Waals surface area contributed by atoms with E-state index in [2.05, 4.69) is 25.1 Å². The molecule has 2 aromatic rings. The third-order valence-electron chi connectivity index (χ3n) is 4.22. The van der Waals surface area contributed by atoms with Crippen LogP contribution in [0.3, 0.4) is 0 Å². The quantitative estimate of drug-likeness (QED) is 0.852. The van der Waals surface area contributed by atoms with Crippen molar-refractivity contribution in [3.63, 3.8) is 0 Å². The third kappa shape index (κ3) is 3.43. The molecule has 0 spiro atoms. The Morgan fingerprint density at radius 1 is 1.48 bits per heavy atom. The molecule has 0 radical (unpaired) electrons. The molecular formula is C15H20N4O4. The first-order valence-corrected chi connectivity index (χ1v) is 7.58. The minimum atomic E-state index is -0.639. The number of aromatic nitrogens is 2. The van der Waals surface area contributed by atoms with Gasteiger partial charge in [-0.3, -0.25) is 9.69 Å². The third-order valence-corrected chi connectivity index (χ3v) is 4.22. The standard InChI is InChI=1S/C15H20N4O4/c1-9-11(10(2)23-17-9)7-19-5-3-12(14(20)8-19)16-15(21)13-4-6-22-18-13/h4,6,12,14,20H,3,5,7-8H2,1-2H3,(H,16,21)/t12-,14-/m1/s1. The number of carbonyl (C=O) groups excluding carboxylic acids is 1. The fraction of sp³-hybridized carbons (Fsp3) is 0.533. The van der Waals surface area contributed by atoms with Gasteiger partial charge in [-0.15, -0.1) is 0 Å². The molecular weight excluding hydrogens is 300 g/mol. The van der Waals surface area contributed by atoms with E-state index in [1.54, 1.807) is 0 Å². The number of rotatable bonds is 4. The highest BCUT2D eigenvalue weighted by atomic mass is 16.5. The van der Waals surface area contributed by atoms with Gasteiger partial charge < -0.3 is 19.5 Å². The Hall–Kier alpha value is -2.19. The molecule has 8 heteroatoms. The number of piperidine rings is 1. The van der Waals surface area contributed by atoms with Crippen LogP contribution in [0.25, 0.3) is 0 Å². The van der Waals surface area contributed by atoms with Gasteiger partial charge in [0.1, 0.15) is 12.0 Å². The van der Waals surface area contributed by atoms with Crippen LogP contribution in [0.15, 0.2) is 21.4 Å². The number of nitrogens with one attached hydrogen (secondary N) is 1. The van der Waals surface area contributed by atoms with Crippen LogP contribution in [0.1, 0.15) is 33.9 Å². The minimum absolute atomic E-state index is 0.218. The van der Waals surface area contributed by atoms with E-state index in [0.29, 0.717) is 19.5 Å². The highest BCUT2D eigenvalue weighted by Crippen LogP contribution is 2.19. The fourth-order valence-electron chi connectivity index (χ4n) is 2.83. The van der Waals surface area contributed by atoms with Crippen molar-refractivity contribution < 1.29 is 18.9 Å². The zero-order chi connectivity index (χ0) is 16.4. The van der Waals surface area contributed by atoms with E-state index < -0.39 is 6.10 Å². The number of hydrogen-bond donors (Lipinski definition) is 2.